The van der Waals surface area contributed by atoms with Crippen LogP contribution in [0.2, 0.25) is 0 Å². The predicted molar refractivity (Wildman–Crippen MR) is 62.0 cm³/mol. The molecule has 16 heavy (non-hydrogen) atoms. The number of carbonyl (C=O) groups is 1. The van der Waals surface area contributed by atoms with Gasteiger partial charge < -0.3 is 15.3 Å². The maximum atomic E-state index is 12.2. The lowest BCUT2D eigenvalue weighted by molar-refractivity contribution is -0.133. The molecule has 2 heterocycles. The van der Waals surface area contributed by atoms with Crippen molar-refractivity contribution in [1.29, 1.82) is 0 Å². The van der Waals surface area contributed by atoms with Gasteiger partial charge in [-0.15, -0.1) is 0 Å². The summed E-state index contributed by atoms with van der Waals surface area (Å²) < 4.78 is 0. The van der Waals surface area contributed by atoms with Crippen LogP contribution in [0.1, 0.15) is 26.2 Å². The van der Waals surface area contributed by atoms with Gasteiger partial charge in [0.15, 0.2) is 0 Å². The van der Waals surface area contributed by atoms with Crippen molar-refractivity contribution in [3.63, 3.8) is 0 Å². The molecule has 0 bridgehead atoms. The van der Waals surface area contributed by atoms with Crippen LogP contribution in [-0.2, 0) is 4.79 Å². The van der Waals surface area contributed by atoms with Crippen LogP contribution in [0.3, 0.4) is 0 Å². The number of nitrogens with zero attached hydrogens (tertiary/aromatic N) is 1. The monoisotopic (exact) mass is 226 g/mol. The number of aliphatic hydroxyl groups excluding tert-OH is 1. The van der Waals surface area contributed by atoms with E-state index in [4.69, 9.17) is 5.11 Å². The number of likely N-dealkylation sites (tertiary alicyclic amines) is 1. The van der Waals surface area contributed by atoms with E-state index in [1.807, 2.05) is 4.90 Å². The van der Waals surface area contributed by atoms with E-state index in [0.717, 1.165) is 32.5 Å². The molecule has 0 aliphatic carbocycles. The number of carbonyl (C=O) groups excluding carboxylic acids is 1. The normalized spacial score (nSPS) is 35.4. The maximum absolute atomic E-state index is 12.2. The number of hydrogen-bond donors (Lipinski definition) is 2. The van der Waals surface area contributed by atoms with Crippen LogP contribution in [0.25, 0.3) is 0 Å². The molecule has 0 radical (unpaired) electrons. The average molecular weight is 226 g/mol. The minimum absolute atomic E-state index is 0.0150. The quantitative estimate of drug-likeness (QED) is 0.708. The standard InChI is InChI=1S/C12H22N2O2/c1-9-2-4-13-11(6-9)12(16)14-5-3-10(7-14)8-15/h9-11,13,15H,2-8H2,1H3. The van der Waals surface area contributed by atoms with Crippen LogP contribution in [0, 0.1) is 11.8 Å². The zero-order chi connectivity index (χ0) is 11.5. The van der Waals surface area contributed by atoms with Gasteiger partial charge in [0.1, 0.15) is 0 Å². The first kappa shape index (κ1) is 11.9. The summed E-state index contributed by atoms with van der Waals surface area (Å²) in [6.07, 6.45) is 3.08. The Morgan fingerprint density at radius 3 is 2.94 bits per heavy atom. The van der Waals surface area contributed by atoms with E-state index >= 15 is 0 Å². The molecule has 0 aromatic carbocycles. The largest absolute Gasteiger partial charge is 0.396 e. The van der Waals surface area contributed by atoms with Crippen molar-refractivity contribution in [3.05, 3.63) is 0 Å². The fourth-order valence-corrected chi connectivity index (χ4v) is 2.70. The second kappa shape index (κ2) is 5.15. The summed E-state index contributed by atoms with van der Waals surface area (Å²) in [5, 5.41) is 12.4. The molecule has 4 heteroatoms. The van der Waals surface area contributed by atoms with Gasteiger partial charge in [0, 0.05) is 25.6 Å². The average Bonchev–Trinajstić information content (AvgIpc) is 2.76. The van der Waals surface area contributed by atoms with E-state index in [0.29, 0.717) is 11.8 Å². The minimum atomic E-state index is 0.0150. The Bertz CT molecular complexity index is 257. The highest BCUT2D eigenvalue weighted by atomic mass is 16.3. The number of aliphatic hydroxyl groups is 1. The van der Waals surface area contributed by atoms with Gasteiger partial charge in [-0.05, 0) is 31.7 Å². The molecular weight excluding hydrogens is 204 g/mol. The fourth-order valence-electron chi connectivity index (χ4n) is 2.70. The van der Waals surface area contributed by atoms with E-state index < -0.39 is 0 Å². The molecular formula is C12H22N2O2. The molecule has 2 aliphatic rings. The van der Waals surface area contributed by atoms with Crippen LogP contribution in [-0.4, -0.2) is 48.2 Å². The third-order valence-corrected chi connectivity index (χ3v) is 3.82. The molecule has 0 aromatic heterocycles. The topological polar surface area (TPSA) is 52.6 Å². The van der Waals surface area contributed by atoms with Gasteiger partial charge in [-0.25, -0.2) is 0 Å². The van der Waals surface area contributed by atoms with Crippen LogP contribution >= 0.6 is 0 Å². The van der Waals surface area contributed by atoms with Crippen LogP contribution < -0.4 is 5.32 Å². The maximum Gasteiger partial charge on any atom is 0.239 e. The lowest BCUT2D eigenvalue weighted by Gasteiger charge is -2.30. The number of rotatable bonds is 2. The summed E-state index contributed by atoms with van der Waals surface area (Å²) in [5.74, 6) is 1.18. The van der Waals surface area contributed by atoms with E-state index in [1.54, 1.807) is 0 Å². The Morgan fingerprint density at radius 2 is 2.31 bits per heavy atom. The first-order valence-corrected chi connectivity index (χ1v) is 6.33. The van der Waals surface area contributed by atoms with Gasteiger partial charge in [-0.2, -0.15) is 0 Å². The molecule has 1 amide bonds. The molecule has 92 valence electrons. The van der Waals surface area contributed by atoms with Crippen LogP contribution in [0.4, 0.5) is 0 Å². The van der Waals surface area contributed by atoms with Crippen molar-refractivity contribution in [1.82, 2.24) is 10.2 Å². The Balaban J connectivity index is 1.87. The van der Waals surface area contributed by atoms with Crippen molar-refractivity contribution >= 4 is 5.91 Å². The second-order valence-corrected chi connectivity index (χ2v) is 5.26. The smallest absolute Gasteiger partial charge is 0.239 e. The van der Waals surface area contributed by atoms with Crippen molar-refractivity contribution in [2.45, 2.75) is 32.2 Å². The van der Waals surface area contributed by atoms with E-state index in [-0.39, 0.29) is 18.6 Å². The highest BCUT2D eigenvalue weighted by Crippen LogP contribution is 2.21. The zero-order valence-corrected chi connectivity index (χ0v) is 9.98. The Morgan fingerprint density at radius 1 is 1.50 bits per heavy atom. The minimum Gasteiger partial charge on any atom is -0.396 e. The third-order valence-electron chi connectivity index (χ3n) is 3.82. The van der Waals surface area contributed by atoms with Crippen LogP contribution in [0.5, 0.6) is 0 Å². The van der Waals surface area contributed by atoms with E-state index in [2.05, 4.69) is 12.2 Å². The van der Waals surface area contributed by atoms with Crippen molar-refractivity contribution in [2.75, 3.05) is 26.2 Å². The summed E-state index contributed by atoms with van der Waals surface area (Å²) in [4.78, 5) is 14.1. The van der Waals surface area contributed by atoms with Gasteiger partial charge in [-0.3, -0.25) is 4.79 Å². The van der Waals surface area contributed by atoms with E-state index in [9.17, 15) is 4.79 Å². The summed E-state index contributed by atoms with van der Waals surface area (Å²) in [5.41, 5.74) is 0. The summed E-state index contributed by atoms with van der Waals surface area (Å²) in [6, 6.07) is 0.0150. The number of hydrogen-bond acceptors (Lipinski definition) is 3. The van der Waals surface area contributed by atoms with Gasteiger partial charge in [-0.1, -0.05) is 6.92 Å². The molecule has 0 spiro atoms. The molecule has 3 atom stereocenters. The number of piperidine rings is 1. The van der Waals surface area contributed by atoms with Crippen molar-refractivity contribution in [2.24, 2.45) is 11.8 Å². The first-order valence-electron chi connectivity index (χ1n) is 6.33. The van der Waals surface area contributed by atoms with Gasteiger partial charge in [0.2, 0.25) is 5.91 Å². The zero-order valence-electron chi connectivity index (χ0n) is 9.98. The summed E-state index contributed by atoms with van der Waals surface area (Å²) in [7, 11) is 0. The molecule has 2 fully saturated rings. The molecule has 3 unspecified atom stereocenters. The number of nitrogens with one attached hydrogen (secondary N) is 1. The van der Waals surface area contributed by atoms with E-state index in [1.165, 1.54) is 6.42 Å². The lowest BCUT2D eigenvalue weighted by atomic mass is 9.93. The van der Waals surface area contributed by atoms with Gasteiger partial charge in [0.25, 0.3) is 0 Å². The molecule has 2 aliphatic heterocycles. The second-order valence-electron chi connectivity index (χ2n) is 5.26. The van der Waals surface area contributed by atoms with Crippen LogP contribution in [0.15, 0.2) is 0 Å². The predicted octanol–water partition coefficient (Wildman–Crippen LogP) is 0.215. The Kier molecular flexibility index (Phi) is 3.82. The highest BCUT2D eigenvalue weighted by Gasteiger charge is 2.32. The van der Waals surface area contributed by atoms with Crippen molar-refractivity contribution in [3.8, 4) is 0 Å². The molecule has 0 saturated carbocycles. The fraction of sp³-hybridized carbons (Fsp3) is 0.917. The molecule has 2 rings (SSSR count). The van der Waals surface area contributed by atoms with Crippen molar-refractivity contribution < 1.29 is 9.90 Å². The Hall–Kier alpha value is -0.610. The lowest BCUT2D eigenvalue weighted by Crippen LogP contribution is -2.49. The Labute approximate surface area is 97.0 Å². The highest BCUT2D eigenvalue weighted by molar-refractivity contribution is 5.82. The van der Waals surface area contributed by atoms with Gasteiger partial charge in [0.05, 0.1) is 6.04 Å². The molecule has 0 aromatic rings. The summed E-state index contributed by atoms with van der Waals surface area (Å²) in [6.45, 7) is 4.92. The summed E-state index contributed by atoms with van der Waals surface area (Å²) >= 11 is 0. The number of amides is 1. The molecule has 2 N–H and O–H groups in total. The SMILES string of the molecule is CC1CCNC(C(=O)N2CCC(CO)C2)C1. The molecule has 4 nitrogen and oxygen atoms in total. The van der Waals surface area contributed by atoms with Gasteiger partial charge >= 0.3 is 0 Å². The molecule has 2 saturated heterocycles. The third kappa shape index (κ3) is 2.55. The first-order chi connectivity index (χ1) is 7.70.